The Morgan fingerprint density at radius 2 is 1.67 bits per heavy atom. The van der Waals surface area contributed by atoms with E-state index in [1.54, 1.807) is 11.0 Å². The number of para-hydroxylation sites is 1. The van der Waals surface area contributed by atoms with E-state index in [-0.39, 0.29) is 24.2 Å². The first-order valence-electron chi connectivity index (χ1n) is 8.91. The molecular formula is C22H22N2O3. The van der Waals surface area contributed by atoms with Gasteiger partial charge in [0.05, 0.1) is 5.52 Å². The Balaban J connectivity index is 1.64. The van der Waals surface area contributed by atoms with Crippen molar-refractivity contribution in [3.8, 4) is 0 Å². The van der Waals surface area contributed by atoms with Crippen LogP contribution in [-0.2, 0) is 16.1 Å². The lowest BCUT2D eigenvalue weighted by atomic mass is 10.2. The average Bonchev–Trinajstić information content (AvgIpc) is 2.70. The van der Waals surface area contributed by atoms with Crippen LogP contribution in [0.25, 0.3) is 10.9 Å². The number of benzene rings is 2. The van der Waals surface area contributed by atoms with Gasteiger partial charge in [-0.1, -0.05) is 54.6 Å². The summed E-state index contributed by atoms with van der Waals surface area (Å²) >= 11 is 0. The molecular weight excluding hydrogens is 340 g/mol. The Morgan fingerprint density at radius 1 is 0.963 bits per heavy atom. The number of ether oxygens (including phenoxy) is 1. The van der Waals surface area contributed by atoms with Crippen LogP contribution in [0.5, 0.6) is 0 Å². The summed E-state index contributed by atoms with van der Waals surface area (Å²) in [5, 5.41) is 0.943. The monoisotopic (exact) mass is 362 g/mol. The van der Waals surface area contributed by atoms with E-state index in [2.05, 4.69) is 4.98 Å². The first-order chi connectivity index (χ1) is 13.0. The molecule has 1 amide bonds. The third-order valence-electron chi connectivity index (χ3n) is 4.27. The van der Waals surface area contributed by atoms with Crippen LogP contribution in [0.4, 0.5) is 0 Å². The lowest BCUT2D eigenvalue weighted by Gasteiger charge is -2.26. The number of aromatic nitrogens is 1. The SMILES string of the molecule is CC(C)N(Cc1ccccc1)C(=O)COC(=O)c1ccc2ccccc2n1. The van der Waals surface area contributed by atoms with E-state index in [0.29, 0.717) is 12.1 Å². The fourth-order valence-electron chi connectivity index (χ4n) is 2.80. The third kappa shape index (κ3) is 4.70. The summed E-state index contributed by atoms with van der Waals surface area (Å²) in [6, 6.07) is 20.7. The van der Waals surface area contributed by atoms with Crippen LogP contribution >= 0.6 is 0 Å². The van der Waals surface area contributed by atoms with Crippen LogP contribution < -0.4 is 0 Å². The number of carbonyl (C=O) groups excluding carboxylic acids is 2. The molecule has 3 aromatic rings. The molecule has 0 atom stereocenters. The second-order valence-electron chi connectivity index (χ2n) is 6.57. The zero-order valence-corrected chi connectivity index (χ0v) is 15.5. The minimum Gasteiger partial charge on any atom is -0.451 e. The van der Waals surface area contributed by atoms with E-state index in [9.17, 15) is 9.59 Å². The lowest BCUT2D eigenvalue weighted by molar-refractivity contribution is -0.136. The number of amides is 1. The fraction of sp³-hybridized carbons (Fsp3) is 0.227. The Hall–Kier alpha value is -3.21. The van der Waals surface area contributed by atoms with E-state index < -0.39 is 5.97 Å². The normalized spacial score (nSPS) is 10.8. The number of esters is 1. The molecule has 0 spiro atoms. The van der Waals surface area contributed by atoms with Gasteiger partial charge in [0, 0.05) is 18.0 Å². The summed E-state index contributed by atoms with van der Waals surface area (Å²) < 4.78 is 5.21. The predicted octanol–water partition coefficient (Wildman–Crippen LogP) is 3.83. The summed E-state index contributed by atoms with van der Waals surface area (Å²) in [5.41, 5.74) is 1.94. The summed E-state index contributed by atoms with van der Waals surface area (Å²) in [7, 11) is 0. The number of hydrogen-bond donors (Lipinski definition) is 0. The van der Waals surface area contributed by atoms with Crippen molar-refractivity contribution in [1.29, 1.82) is 0 Å². The highest BCUT2D eigenvalue weighted by Crippen LogP contribution is 2.13. The molecule has 0 bridgehead atoms. The second-order valence-corrected chi connectivity index (χ2v) is 6.57. The maximum Gasteiger partial charge on any atom is 0.357 e. The molecule has 0 aliphatic carbocycles. The summed E-state index contributed by atoms with van der Waals surface area (Å²) in [6.07, 6.45) is 0. The Labute approximate surface area is 158 Å². The van der Waals surface area contributed by atoms with Gasteiger partial charge < -0.3 is 9.64 Å². The van der Waals surface area contributed by atoms with Crippen molar-refractivity contribution >= 4 is 22.8 Å². The molecule has 0 N–H and O–H groups in total. The fourth-order valence-corrected chi connectivity index (χ4v) is 2.80. The summed E-state index contributed by atoms with van der Waals surface area (Å²) in [6.45, 7) is 4.04. The number of nitrogens with zero attached hydrogens (tertiary/aromatic N) is 2. The predicted molar refractivity (Wildman–Crippen MR) is 104 cm³/mol. The molecule has 27 heavy (non-hydrogen) atoms. The van der Waals surface area contributed by atoms with Gasteiger partial charge in [-0.05, 0) is 31.5 Å². The molecule has 0 aliphatic rings. The third-order valence-corrected chi connectivity index (χ3v) is 4.27. The Kier molecular flexibility index (Phi) is 5.81. The zero-order chi connectivity index (χ0) is 19.2. The van der Waals surface area contributed by atoms with Crippen molar-refractivity contribution in [1.82, 2.24) is 9.88 Å². The van der Waals surface area contributed by atoms with E-state index in [0.717, 1.165) is 10.9 Å². The van der Waals surface area contributed by atoms with E-state index in [1.165, 1.54) is 0 Å². The molecule has 138 valence electrons. The molecule has 1 aromatic heterocycles. The van der Waals surface area contributed by atoms with E-state index in [1.807, 2.05) is 74.5 Å². The highest BCUT2D eigenvalue weighted by molar-refractivity contribution is 5.92. The zero-order valence-electron chi connectivity index (χ0n) is 15.5. The maximum absolute atomic E-state index is 12.6. The second kappa shape index (κ2) is 8.45. The molecule has 0 aliphatic heterocycles. The van der Waals surface area contributed by atoms with Crippen LogP contribution in [0.1, 0.15) is 29.9 Å². The number of pyridine rings is 1. The summed E-state index contributed by atoms with van der Waals surface area (Å²) in [5.74, 6) is -0.833. The molecule has 2 aromatic carbocycles. The van der Waals surface area contributed by atoms with Gasteiger partial charge in [0.25, 0.3) is 5.91 Å². The van der Waals surface area contributed by atoms with Gasteiger partial charge in [-0.3, -0.25) is 4.79 Å². The molecule has 5 heteroatoms. The van der Waals surface area contributed by atoms with Crippen LogP contribution in [-0.4, -0.2) is 34.4 Å². The van der Waals surface area contributed by atoms with Crippen molar-refractivity contribution in [2.24, 2.45) is 0 Å². The number of rotatable bonds is 6. The van der Waals surface area contributed by atoms with Gasteiger partial charge in [-0.15, -0.1) is 0 Å². The van der Waals surface area contributed by atoms with Crippen LogP contribution in [0, 0.1) is 0 Å². The van der Waals surface area contributed by atoms with Gasteiger partial charge in [0.15, 0.2) is 6.61 Å². The molecule has 0 saturated carbocycles. The molecule has 1 heterocycles. The molecule has 0 radical (unpaired) electrons. The lowest BCUT2D eigenvalue weighted by Crippen LogP contribution is -2.39. The molecule has 5 nitrogen and oxygen atoms in total. The van der Waals surface area contributed by atoms with Crippen LogP contribution in [0.3, 0.4) is 0 Å². The van der Waals surface area contributed by atoms with Gasteiger partial charge >= 0.3 is 5.97 Å². The van der Waals surface area contributed by atoms with Crippen molar-refractivity contribution in [2.75, 3.05) is 6.61 Å². The quantitative estimate of drug-likeness (QED) is 0.625. The minimum atomic E-state index is -0.600. The highest BCUT2D eigenvalue weighted by atomic mass is 16.5. The smallest absolute Gasteiger partial charge is 0.357 e. The van der Waals surface area contributed by atoms with Gasteiger partial charge in [0.2, 0.25) is 0 Å². The largest absolute Gasteiger partial charge is 0.451 e. The average molecular weight is 362 g/mol. The number of carbonyl (C=O) groups is 2. The Morgan fingerprint density at radius 3 is 2.41 bits per heavy atom. The van der Waals surface area contributed by atoms with Crippen LogP contribution in [0.15, 0.2) is 66.7 Å². The van der Waals surface area contributed by atoms with Gasteiger partial charge in [-0.2, -0.15) is 0 Å². The topological polar surface area (TPSA) is 59.5 Å². The molecule has 0 fully saturated rings. The minimum absolute atomic E-state index is 0.00444. The number of fused-ring (bicyclic) bond motifs is 1. The standard InChI is InChI=1S/C22H22N2O3/c1-16(2)24(14-17-8-4-3-5-9-17)21(25)15-27-22(26)20-13-12-18-10-6-7-11-19(18)23-20/h3-13,16H,14-15H2,1-2H3. The molecule has 0 unspecified atom stereocenters. The Bertz CT molecular complexity index is 938. The maximum atomic E-state index is 12.6. The van der Waals surface area contributed by atoms with Crippen molar-refractivity contribution < 1.29 is 14.3 Å². The van der Waals surface area contributed by atoms with Crippen molar-refractivity contribution in [3.05, 3.63) is 78.0 Å². The summed E-state index contributed by atoms with van der Waals surface area (Å²) in [4.78, 5) is 30.8. The first kappa shape index (κ1) is 18.6. The van der Waals surface area contributed by atoms with Crippen molar-refractivity contribution in [2.45, 2.75) is 26.4 Å². The molecule has 3 rings (SSSR count). The number of hydrogen-bond acceptors (Lipinski definition) is 4. The first-order valence-corrected chi connectivity index (χ1v) is 8.91. The van der Waals surface area contributed by atoms with E-state index in [4.69, 9.17) is 4.74 Å². The van der Waals surface area contributed by atoms with E-state index >= 15 is 0 Å². The van der Waals surface area contributed by atoms with Gasteiger partial charge in [-0.25, -0.2) is 9.78 Å². The molecule has 0 saturated heterocycles. The highest BCUT2D eigenvalue weighted by Gasteiger charge is 2.20. The van der Waals surface area contributed by atoms with Gasteiger partial charge in [0.1, 0.15) is 5.69 Å². The van der Waals surface area contributed by atoms with Crippen LogP contribution in [0.2, 0.25) is 0 Å². The van der Waals surface area contributed by atoms with Crippen molar-refractivity contribution in [3.63, 3.8) is 0 Å².